The van der Waals surface area contributed by atoms with Gasteiger partial charge in [-0.15, -0.1) is 0 Å². The van der Waals surface area contributed by atoms with E-state index in [4.69, 9.17) is 16.3 Å². The molecule has 0 aromatic heterocycles. The van der Waals surface area contributed by atoms with E-state index in [0.717, 1.165) is 43.2 Å². The molecule has 0 bridgehead atoms. The molecule has 120 valence electrons. The Labute approximate surface area is 134 Å². The summed E-state index contributed by atoms with van der Waals surface area (Å²) in [5.41, 5.74) is 2.36. The van der Waals surface area contributed by atoms with E-state index in [1.807, 2.05) is 12.1 Å². The molecule has 0 heterocycles. The van der Waals surface area contributed by atoms with Crippen molar-refractivity contribution in [3.05, 3.63) is 28.8 Å². The van der Waals surface area contributed by atoms with E-state index in [1.165, 1.54) is 5.69 Å². The van der Waals surface area contributed by atoms with Crippen LogP contribution in [0.25, 0.3) is 0 Å². The molecule has 0 unspecified atom stereocenters. The van der Waals surface area contributed by atoms with Crippen molar-refractivity contribution >= 4 is 17.3 Å². The Hall–Kier alpha value is -0.810. The van der Waals surface area contributed by atoms with Gasteiger partial charge in [-0.1, -0.05) is 17.7 Å². The van der Waals surface area contributed by atoms with Crippen LogP contribution in [-0.4, -0.2) is 59.4 Å². The highest BCUT2D eigenvalue weighted by atomic mass is 35.5. The molecule has 0 saturated heterocycles. The van der Waals surface area contributed by atoms with Crippen molar-refractivity contribution in [2.24, 2.45) is 0 Å². The first kappa shape index (κ1) is 18.2. The predicted molar refractivity (Wildman–Crippen MR) is 91.5 cm³/mol. The summed E-state index contributed by atoms with van der Waals surface area (Å²) in [6.45, 7) is 4.40. The summed E-state index contributed by atoms with van der Waals surface area (Å²) < 4.78 is 5.05. The van der Waals surface area contributed by atoms with E-state index in [9.17, 15) is 0 Å². The van der Waals surface area contributed by atoms with Crippen LogP contribution in [0.1, 0.15) is 12.0 Å². The second-order valence-corrected chi connectivity index (χ2v) is 5.89. The van der Waals surface area contributed by atoms with Crippen molar-refractivity contribution in [2.45, 2.75) is 13.0 Å². The number of nitrogens with one attached hydrogen (secondary N) is 1. The first-order chi connectivity index (χ1) is 10.1. The zero-order chi connectivity index (χ0) is 15.7. The van der Waals surface area contributed by atoms with Gasteiger partial charge in [-0.2, -0.15) is 0 Å². The van der Waals surface area contributed by atoms with Gasteiger partial charge >= 0.3 is 0 Å². The molecule has 1 aromatic carbocycles. The molecule has 0 saturated carbocycles. The lowest BCUT2D eigenvalue weighted by Crippen LogP contribution is -2.26. The first-order valence-corrected chi connectivity index (χ1v) is 7.77. The average molecular weight is 314 g/mol. The highest BCUT2D eigenvalue weighted by Gasteiger charge is 2.10. The van der Waals surface area contributed by atoms with E-state index in [1.54, 1.807) is 7.11 Å². The second-order valence-electron chi connectivity index (χ2n) is 5.49. The Morgan fingerprint density at radius 3 is 2.62 bits per heavy atom. The largest absolute Gasteiger partial charge is 0.383 e. The standard InChI is InChI=1S/C16H28ClN3O/c1-19(2)10-6-11-20(3)16-8-5-7-15(17)14(16)13-18-9-12-21-4/h5,7-8,18H,6,9-13H2,1-4H3. The summed E-state index contributed by atoms with van der Waals surface area (Å²) in [6, 6.07) is 6.10. The quantitative estimate of drug-likeness (QED) is 0.672. The van der Waals surface area contributed by atoms with Crippen molar-refractivity contribution in [3.8, 4) is 0 Å². The Bertz CT molecular complexity index is 413. The van der Waals surface area contributed by atoms with Crippen LogP contribution in [0.15, 0.2) is 18.2 Å². The van der Waals surface area contributed by atoms with Crippen LogP contribution < -0.4 is 10.2 Å². The van der Waals surface area contributed by atoms with Crippen LogP contribution in [-0.2, 0) is 11.3 Å². The normalized spacial score (nSPS) is 11.1. The number of rotatable bonds is 10. The van der Waals surface area contributed by atoms with Crippen LogP contribution >= 0.6 is 11.6 Å². The maximum atomic E-state index is 6.36. The molecule has 1 aromatic rings. The third kappa shape index (κ3) is 6.66. The molecular weight excluding hydrogens is 286 g/mol. The van der Waals surface area contributed by atoms with Crippen LogP contribution in [0, 0.1) is 0 Å². The SMILES string of the molecule is COCCNCc1c(Cl)cccc1N(C)CCCN(C)C. The second kappa shape index (κ2) is 10.0. The fourth-order valence-corrected chi connectivity index (χ4v) is 2.45. The molecule has 1 N–H and O–H groups in total. The van der Waals surface area contributed by atoms with Gasteiger partial charge in [0.2, 0.25) is 0 Å². The highest BCUT2D eigenvalue weighted by molar-refractivity contribution is 6.31. The Morgan fingerprint density at radius 2 is 1.95 bits per heavy atom. The Kier molecular flexibility index (Phi) is 8.69. The first-order valence-electron chi connectivity index (χ1n) is 7.39. The maximum absolute atomic E-state index is 6.36. The summed E-state index contributed by atoms with van der Waals surface area (Å²) in [4.78, 5) is 4.49. The lowest BCUT2D eigenvalue weighted by atomic mass is 10.1. The highest BCUT2D eigenvalue weighted by Crippen LogP contribution is 2.26. The molecule has 0 spiro atoms. The summed E-state index contributed by atoms with van der Waals surface area (Å²) in [5.74, 6) is 0. The predicted octanol–water partition coefficient (Wildman–Crippen LogP) is 2.46. The minimum Gasteiger partial charge on any atom is -0.383 e. The minimum absolute atomic E-state index is 0.707. The number of nitrogens with zero attached hydrogens (tertiary/aromatic N) is 2. The smallest absolute Gasteiger partial charge is 0.0587 e. The maximum Gasteiger partial charge on any atom is 0.0587 e. The molecule has 0 aliphatic rings. The van der Waals surface area contributed by atoms with E-state index >= 15 is 0 Å². The third-order valence-corrected chi connectivity index (χ3v) is 3.74. The van der Waals surface area contributed by atoms with E-state index in [0.29, 0.717) is 6.61 Å². The van der Waals surface area contributed by atoms with Gasteiger partial charge in [0.15, 0.2) is 0 Å². The van der Waals surface area contributed by atoms with Gasteiger partial charge in [0, 0.05) is 50.1 Å². The van der Waals surface area contributed by atoms with Crippen LogP contribution in [0.3, 0.4) is 0 Å². The van der Waals surface area contributed by atoms with Gasteiger partial charge < -0.3 is 19.9 Å². The molecule has 4 nitrogen and oxygen atoms in total. The molecule has 21 heavy (non-hydrogen) atoms. The monoisotopic (exact) mass is 313 g/mol. The van der Waals surface area contributed by atoms with Crippen molar-refractivity contribution in [1.82, 2.24) is 10.2 Å². The van der Waals surface area contributed by atoms with Gasteiger partial charge in [-0.05, 0) is 39.2 Å². The molecule has 0 aliphatic carbocycles. The number of anilines is 1. The average Bonchev–Trinajstić information content (AvgIpc) is 2.44. The molecule has 0 aliphatic heterocycles. The topological polar surface area (TPSA) is 27.7 Å². The Balaban J connectivity index is 2.64. The van der Waals surface area contributed by atoms with Crippen molar-refractivity contribution in [1.29, 1.82) is 0 Å². The molecule has 0 amide bonds. The van der Waals surface area contributed by atoms with Crippen molar-refractivity contribution < 1.29 is 4.74 Å². The summed E-state index contributed by atoms with van der Waals surface area (Å²) in [5, 5.41) is 4.19. The minimum atomic E-state index is 0.707. The summed E-state index contributed by atoms with van der Waals surface area (Å²) in [6.07, 6.45) is 1.13. The van der Waals surface area contributed by atoms with Gasteiger partial charge in [0.05, 0.1) is 6.61 Å². The number of methoxy groups -OCH3 is 1. The van der Waals surface area contributed by atoms with Crippen LogP contribution in [0.2, 0.25) is 5.02 Å². The van der Waals surface area contributed by atoms with Gasteiger partial charge in [-0.25, -0.2) is 0 Å². The number of halogens is 1. The lowest BCUT2D eigenvalue weighted by Gasteiger charge is -2.24. The molecule has 5 heteroatoms. The fourth-order valence-electron chi connectivity index (χ4n) is 2.21. The molecule has 0 fully saturated rings. The number of hydrogen-bond donors (Lipinski definition) is 1. The number of hydrogen-bond acceptors (Lipinski definition) is 4. The fraction of sp³-hybridized carbons (Fsp3) is 0.625. The number of benzene rings is 1. The molecular formula is C16H28ClN3O. The third-order valence-electron chi connectivity index (χ3n) is 3.39. The Morgan fingerprint density at radius 1 is 1.19 bits per heavy atom. The van der Waals surface area contributed by atoms with Gasteiger partial charge in [0.25, 0.3) is 0 Å². The van der Waals surface area contributed by atoms with E-state index in [-0.39, 0.29) is 0 Å². The lowest BCUT2D eigenvalue weighted by molar-refractivity contribution is 0.199. The number of ether oxygens (including phenoxy) is 1. The summed E-state index contributed by atoms with van der Waals surface area (Å²) >= 11 is 6.36. The van der Waals surface area contributed by atoms with E-state index in [2.05, 4.69) is 42.3 Å². The van der Waals surface area contributed by atoms with Crippen LogP contribution in [0.4, 0.5) is 5.69 Å². The van der Waals surface area contributed by atoms with Crippen molar-refractivity contribution in [3.63, 3.8) is 0 Å². The summed E-state index contributed by atoms with van der Waals surface area (Å²) in [7, 11) is 8.04. The van der Waals surface area contributed by atoms with E-state index < -0.39 is 0 Å². The molecule has 0 atom stereocenters. The van der Waals surface area contributed by atoms with Crippen LogP contribution in [0.5, 0.6) is 0 Å². The van der Waals surface area contributed by atoms with Gasteiger partial charge in [0.1, 0.15) is 0 Å². The zero-order valence-electron chi connectivity index (χ0n) is 13.7. The van der Waals surface area contributed by atoms with Gasteiger partial charge in [-0.3, -0.25) is 0 Å². The van der Waals surface area contributed by atoms with Crippen molar-refractivity contribution in [2.75, 3.05) is 59.4 Å². The molecule has 1 rings (SSSR count). The zero-order valence-corrected chi connectivity index (χ0v) is 14.4. The molecule has 0 radical (unpaired) electrons.